The summed E-state index contributed by atoms with van der Waals surface area (Å²) in [6.45, 7) is 12.0. The second-order valence-electron chi connectivity index (χ2n) is 3.58. The maximum absolute atomic E-state index is 11.5. The summed E-state index contributed by atoms with van der Waals surface area (Å²) in [5.74, 6) is 1.20. The molecule has 1 amide bonds. The predicted molar refractivity (Wildman–Crippen MR) is 93.7 cm³/mol. The summed E-state index contributed by atoms with van der Waals surface area (Å²) in [5.41, 5.74) is 0.334. The number of nitrogens with zero attached hydrogens (tertiary/aromatic N) is 1. The Bertz CT molecular complexity index is 400. The molecule has 0 bridgehead atoms. The molecular formula is C16H31BN2O2. The topological polar surface area (TPSA) is 51.2 Å². The zero-order valence-corrected chi connectivity index (χ0v) is 14.5. The Kier molecular flexibility index (Phi) is 14.0. The lowest BCUT2D eigenvalue weighted by atomic mass is 10.0. The number of aromatic nitrogens is 1. The van der Waals surface area contributed by atoms with Crippen molar-refractivity contribution in [1.82, 2.24) is 4.98 Å². The molecule has 0 atom stereocenters. The van der Waals surface area contributed by atoms with Crippen LogP contribution in [0.2, 0.25) is 0 Å². The van der Waals surface area contributed by atoms with E-state index in [0.717, 1.165) is 12.8 Å². The maximum atomic E-state index is 11.5. The van der Waals surface area contributed by atoms with E-state index in [0.29, 0.717) is 17.2 Å². The van der Waals surface area contributed by atoms with Crippen molar-refractivity contribution in [2.75, 3.05) is 12.4 Å². The highest BCUT2D eigenvalue weighted by molar-refractivity contribution is 6.31. The molecule has 21 heavy (non-hydrogen) atoms. The van der Waals surface area contributed by atoms with E-state index in [2.05, 4.69) is 10.3 Å². The van der Waals surface area contributed by atoms with Crippen LogP contribution in [0.1, 0.15) is 55.8 Å². The zero-order valence-electron chi connectivity index (χ0n) is 14.5. The van der Waals surface area contributed by atoms with Crippen LogP contribution in [0.5, 0.6) is 5.75 Å². The summed E-state index contributed by atoms with van der Waals surface area (Å²) in [6, 6.07) is 3.25. The zero-order chi connectivity index (χ0) is 16.8. The normalized spacial score (nSPS) is 11.4. The van der Waals surface area contributed by atoms with Gasteiger partial charge in [0.1, 0.15) is 19.4 Å². The van der Waals surface area contributed by atoms with Crippen molar-refractivity contribution in [2.45, 2.75) is 54.4 Å². The molecule has 120 valence electrons. The summed E-state index contributed by atoms with van der Waals surface area (Å²) >= 11 is 0. The number of rotatable bonds is 3. The first-order valence-electron chi connectivity index (χ1n) is 7.81. The fourth-order valence-corrected chi connectivity index (χ4v) is 1.28. The van der Waals surface area contributed by atoms with Crippen molar-refractivity contribution >= 4 is 25.2 Å². The van der Waals surface area contributed by atoms with Gasteiger partial charge in [0, 0.05) is 13.4 Å². The van der Waals surface area contributed by atoms with E-state index in [9.17, 15) is 4.79 Å². The predicted octanol–water partition coefficient (Wildman–Crippen LogP) is 3.56. The monoisotopic (exact) mass is 294 g/mol. The van der Waals surface area contributed by atoms with Crippen molar-refractivity contribution in [1.29, 1.82) is 0 Å². The van der Waals surface area contributed by atoms with Gasteiger partial charge in [-0.2, -0.15) is 0 Å². The summed E-state index contributed by atoms with van der Waals surface area (Å²) in [5, 5.41) is 2.71. The standard InChI is InChI=1S/C10H11BN2O2.3C2H6.H2/c1-15-7-4-8(11)12-9(5-7)13-10(14)6-2-3-6;3*1-2;/h4-6H,2-3H2,1H3,(H,12,13,14);3*1-2H3;1H. The van der Waals surface area contributed by atoms with Gasteiger partial charge in [0.05, 0.1) is 7.11 Å². The molecule has 5 heteroatoms. The van der Waals surface area contributed by atoms with Crippen molar-refractivity contribution < 1.29 is 11.0 Å². The Balaban J connectivity index is -0.000000463. The maximum Gasteiger partial charge on any atom is 0.228 e. The van der Waals surface area contributed by atoms with Crippen molar-refractivity contribution in [3.63, 3.8) is 0 Å². The van der Waals surface area contributed by atoms with E-state index in [4.69, 9.17) is 12.6 Å². The van der Waals surface area contributed by atoms with E-state index in [1.807, 2.05) is 41.5 Å². The molecule has 1 heterocycles. The first kappa shape index (κ1) is 21.8. The lowest BCUT2D eigenvalue weighted by molar-refractivity contribution is -0.117. The van der Waals surface area contributed by atoms with Gasteiger partial charge in [-0.05, 0) is 24.5 Å². The molecule has 1 aliphatic carbocycles. The van der Waals surface area contributed by atoms with Gasteiger partial charge in [-0.1, -0.05) is 41.5 Å². The molecule has 0 saturated heterocycles. The lowest BCUT2D eigenvalue weighted by Crippen LogP contribution is -2.18. The summed E-state index contributed by atoms with van der Waals surface area (Å²) in [7, 11) is 7.10. The Labute approximate surface area is 132 Å². The van der Waals surface area contributed by atoms with Crippen molar-refractivity contribution in [3.8, 4) is 5.75 Å². The minimum atomic E-state index is 0. The minimum Gasteiger partial charge on any atom is -0.497 e. The van der Waals surface area contributed by atoms with Crippen molar-refractivity contribution in [3.05, 3.63) is 12.1 Å². The number of hydrogen-bond donors (Lipinski definition) is 1. The fraction of sp³-hybridized carbons (Fsp3) is 0.625. The summed E-state index contributed by atoms with van der Waals surface area (Å²) in [6.07, 6.45) is 1.93. The van der Waals surface area contributed by atoms with Crippen LogP contribution < -0.4 is 15.6 Å². The van der Waals surface area contributed by atoms with Crippen LogP contribution in [0.3, 0.4) is 0 Å². The molecule has 2 radical (unpaired) electrons. The number of nitrogens with one attached hydrogen (secondary N) is 1. The smallest absolute Gasteiger partial charge is 0.228 e. The molecule has 0 aliphatic heterocycles. The minimum absolute atomic E-state index is 0. The van der Waals surface area contributed by atoms with Crippen LogP contribution in [0.15, 0.2) is 12.1 Å². The highest BCUT2D eigenvalue weighted by Crippen LogP contribution is 2.30. The highest BCUT2D eigenvalue weighted by Gasteiger charge is 2.29. The summed E-state index contributed by atoms with van der Waals surface area (Å²) in [4.78, 5) is 15.5. The molecule has 1 aromatic rings. The van der Waals surface area contributed by atoms with Crippen LogP contribution >= 0.6 is 0 Å². The Morgan fingerprint density at radius 2 is 1.76 bits per heavy atom. The lowest BCUT2D eigenvalue weighted by Gasteiger charge is -2.07. The number of ether oxygens (including phenoxy) is 1. The molecule has 1 aromatic heterocycles. The van der Waals surface area contributed by atoms with E-state index in [1.165, 1.54) is 0 Å². The molecule has 1 fully saturated rings. The van der Waals surface area contributed by atoms with Gasteiger partial charge in [-0.15, -0.1) is 0 Å². The molecule has 4 nitrogen and oxygen atoms in total. The molecule has 1 N–H and O–H groups in total. The quantitative estimate of drug-likeness (QED) is 0.867. The molecule has 2 rings (SSSR count). The molecule has 1 aliphatic rings. The number of hydrogen-bond acceptors (Lipinski definition) is 3. The average Bonchev–Trinajstić information content (AvgIpc) is 3.37. The first-order valence-corrected chi connectivity index (χ1v) is 7.81. The number of carbonyl (C=O) groups excluding carboxylic acids is 1. The largest absolute Gasteiger partial charge is 0.497 e. The molecule has 1 saturated carbocycles. The number of amides is 1. The fourth-order valence-electron chi connectivity index (χ4n) is 1.28. The van der Waals surface area contributed by atoms with E-state index in [-0.39, 0.29) is 13.3 Å². The van der Waals surface area contributed by atoms with Crippen LogP contribution in [0.4, 0.5) is 5.82 Å². The number of carbonyl (C=O) groups is 1. The molecule has 0 aromatic carbocycles. The van der Waals surface area contributed by atoms with Gasteiger partial charge >= 0.3 is 0 Å². The number of pyridine rings is 1. The van der Waals surface area contributed by atoms with Gasteiger partial charge in [-0.25, -0.2) is 4.98 Å². The van der Waals surface area contributed by atoms with Crippen LogP contribution in [-0.2, 0) is 4.79 Å². The van der Waals surface area contributed by atoms with Crippen LogP contribution in [0.25, 0.3) is 0 Å². The van der Waals surface area contributed by atoms with E-state index >= 15 is 0 Å². The Hall–Kier alpha value is -1.52. The van der Waals surface area contributed by atoms with Crippen molar-refractivity contribution in [2.24, 2.45) is 5.92 Å². The van der Waals surface area contributed by atoms with Gasteiger partial charge in [0.2, 0.25) is 5.91 Å². The summed E-state index contributed by atoms with van der Waals surface area (Å²) < 4.78 is 5.02. The van der Waals surface area contributed by atoms with Crippen LogP contribution in [0, 0.1) is 5.92 Å². The Morgan fingerprint density at radius 1 is 1.24 bits per heavy atom. The second kappa shape index (κ2) is 13.5. The highest BCUT2D eigenvalue weighted by atomic mass is 16.5. The molecular weight excluding hydrogens is 263 g/mol. The third-order valence-corrected chi connectivity index (χ3v) is 2.25. The first-order chi connectivity index (χ1) is 10.2. The third-order valence-electron chi connectivity index (χ3n) is 2.25. The van der Waals surface area contributed by atoms with E-state index < -0.39 is 0 Å². The second-order valence-corrected chi connectivity index (χ2v) is 3.58. The van der Waals surface area contributed by atoms with E-state index in [1.54, 1.807) is 19.2 Å². The van der Waals surface area contributed by atoms with Gasteiger partial charge in [-0.3, -0.25) is 4.79 Å². The third kappa shape index (κ3) is 9.11. The van der Waals surface area contributed by atoms with Gasteiger partial charge in [0.15, 0.2) is 0 Å². The molecule has 0 unspecified atom stereocenters. The average molecular weight is 294 g/mol. The number of anilines is 1. The number of methoxy groups -OCH3 is 1. The molecule has 0 spiro atoms. The SMILES string of the molecule is CC.CC.CC.[B]c1cc(OC)cc(NC(=O)C2CC2)n1.[HH]. The van der Waals surface area contributed by atoms with Crippen LogP contribution in [-0.4, -0.2) is 25.8 Å². The van der Waals surface area contributed by atoms with Gasteiger partial charge in [0.25, 0.3) is 0 Å². The Morgan fingerprint density at radius 3 is 2.19 bits per heavy atom. The van der Waals surface area contributed by atoms with Gasteiger partial charge < -0.3 is 10.1 Å².